The van der Waals surface area contributed by atoms with Crippen LogP contribution in [0.15, 0.2) is 12.7 Å². The highest BCUT2D eigenvalue weighted by molar-refractivity contribution is 5.75. The summed E-state index contributed by atoms with van der Waals surface area (Å²) in [4.78, 5) is 14.6. The minimum absolute atomic E-state index is 0.0649. The lowest BCUT2D eigenvalue weighted by Gasteiger charge is -2.02. The van der Waals surface area contributed by atoms with Crippen molar-refractivity contribution in [1.29, 1.82) is 0 Å². The van der Waals surface area contributed by atoms with Crippen LogP contribution in [0, 0.1) is 0 Å². The van der Waals surface area contributed by atoms with Crippen LogP contribution in [0.3, 0.4) is 0 Å². The molecule has 0 saturated carbocycles. The molecule has 1 amide bonds. The third-order valence-corrected chi connectivity index (χ3v) is 1.45. The Bertz CT molecular complexity index is 232. The second-order valence-corrected chi connectivity index (χ2v) is 2.36. The minimum atomic E-state index is 0.0649. The molecule has 1 aromatic rings. The molecule has 0 aliphatic heterocycles. The summed E-state index contributed by atoms with van der Waals surface area (Å²) in [5.74, 6) is 0.0649. The Morgan fingerprint density at radius 3 is 3.08 bits per heavy atom. The van der Waals surface area contributed by atoms with Crippen LogP contribution in [0.25, 0.3) is 0 Å². The van der Waals surface area contributed by atoms with Crippen molar-refractivity contribution in [2.45, 2.75) is 19.9 Å². The average Bonchev–Trinajstić information content (AvgIpc) is 2.57. The monoisotopic (exact) mass is 168 g/mol. The summed E-state index contributed by atoms with van der Waals surface area (Å²) in [6.07, 6.45) is 3.62. The number of rotatable bonds is 4. The molecule has 5 heteroatoms. The quantitative estimate of drug-likeness (QED) is 0.677. The highest BCUT2D eigenvalue weighted by Crippen LogP contribution is 1.79. The Morgan fingerprint density at radius 1 is 1.67 bits per heavy atom. The van der Waals surface area contributed by atoms with Gasteiger partial charge in [-0.3, -0.25) is 9.48 Å². The fraction of sp³-hybridized carbons (Fsp3) is 0.571. The van der Waals surface area contributed by atoms with Gasteiger partial charge in [-0.05, 0) is 0 Å². The third-order valence-electron chi connectivity index (χ3n) is 1.45. The maximum atomic E-state index is 10.8. The Balaban J connectivity index is 2.15. The smallest absolute Gasteiger partial charge is 0.219 e. The molecule has 1 heterocycles. The summed E-state index contributed by atoms with van der Waals surface area (Å²) >= 11 is 0. The Kier molecular flexibility index (Phi) is 3.25. The molecule has 1 N–H and O–H groups in total. The number of carbonyl (C=O) groups is 1. The lowest BCUT2D eigenvalue weighted by Crippen LogP contribution is -2.26. The van der Waals surface area contributed by atoms with Crippen molar-refractivity contribution in [3.63, 3.8) is 0 Å². The van der Waals surface area contributed by atoms with Gasteiger partial charge in [0.2, 0.25) is 5.91 Å². The molecule has 12 heavy (non-hydrogen) atoms. The molecular weight excluding hydrogens is 156 g/mol. The van der Waals surface area contributed by atoms with Gasteiger partial charge in [0.1, 0.15) is 12.7 Å². The first kappa shape index (κ1) is 8.70. The predicted molar refractivity (Wildman–Crippen MR) is 43.3 cm³/mol. The summed E-state index contributed by atoms with van der Waals surface area (Å²) in [6, 6.07) is 0. The number of carbonyl (C=O) groups excluding carboxylic acids is 1. The first-order chi connectivity index (χ1) is 5.83. The molecule has 0 aromatic carbocycles. The second kappa shape index (κ2) is 4.48. The van der Waals surface area contributed by atoms with Crippen molar-refractivity contribution in [2.24, 2.45) is 0 Å². The van der Waals surface area contributed by atoms with Crippen LogP contribution in [0.4, 0.5) is 0 Å². The standard InChI is InChI=1S/C7H12N4O/c1-2-7(12)9-3-4-11-6-8-5-10-11/h5-6H,2-4H2,1H3,(H,9,12). The summed E-state index contributed by atoms with van der Waals surface area (Å²) in [5, 5.41) is 6.64. The zero-order chi connectivity index (χ0) is 8.81. The molecule has 0 bridgehead atoms. The van der Waals surface area contributed by atoms with Crippen LogP contribution < -0.4 is 5.32 Å². The van der Waals surface area contributed by atoms with Crippen LogP contribution in [0.5, 0.6) is 0 Å². The minimum Gasteiger partial charge on any atom is -0.354 e. The molecule has 0 aliphatic carbocycles. The fourth-order valence-electron chi connectivity index (χ4n) is 0.783. The van der Waals surface area contributed by atoms with E-state index in [9.17, 15) is 4.79 Å². The van der Waals surface area contributed by atoms with Crippen molar-refractivity contribution < 1.29 is 4.79 Å². The molecular formula is C7H12N4O. The van der Waals surface area contributed by atoms with Crippen LogP contribution in [0.2, 0.25) is 0 Å². The van der Waals surface area contributed by atoms with Crippen molar-refractivity contribution in [3.8, 4) is 0 Å². The van der Waals surface area contributed by atoms with E-state index in [4.69, 9.17) is 0 Å². The summed E-state index contributed by atoms with van der Waals surface area (Å²) in [5.41, 5.74) is 0. The van der Waals surface area contributed by atoms with Gasteiger partial charge in [0.05, 0.1) is 6.54 Å². The number of amides is 1. The van der Waals surface area contributed by atoms with E-state index >= 15 is 0 Å². The Labute approximate surface area is 70.8 Å². The van der Waals surface area contributed by atoms with Crippen LogP contribution in [-0.4, -0.2) is 27.2 Å². The highest BCUT2D eigenvalue weighted by atomic mass is 16.1. The Hall–Kier alpha value is -1.39. The summed E-state index contributed by atoms with van der Waals surface area (Å²) in [6.45, 7) is 3.10. The van der Waals surface area contributed by atoms with Crippen LogP contribution in [-0.2, 0) is 11.3 Å². The second-order valence-electron chi connectivity index (χ2n) is 2.36. The average molecular weight is 168 g/mol. The number of nitrogens with zero attached hydrogens (tertiary/aromatic N) is 3. The van der Waals surface area contributed by atoms with Gasteiger partial charge in [-0.25, -0.2) is 4.98 Å². The molecule has 0 atom stereocenters. The first-order valence-corrected chi connectivity index (χ1v) is 3.92. The molecule has 0 unspecified atom stereocenters. The van der Waals surface area contributed by atoms with Gasteiger partial charge in [0, 0.05) is 13.0 Å². The van der Waals surface area contributed by atoms with Crippen LogP contribution >= 0.6 is 0 Å². The molecule has 1 rings (SSSR count). The van der Waals surface area contributed by atoms with E-state index in [0.717, 1.165) is 0 Å². The molecule has 66 valence electrons. The van der Waals surface area contributed by atoms with Crippen molar-refractivity contribution in [1.82, 2.24) is 20.1 Å². The lowest BCUT2D eigenvalue weighted by molar-refractivity contribution is -0.120. The van der Waals surface area contributed by atoms with Crippen molar-refractivity contribution in [2.75, 3.05) is 6.54 Å². The molecule has 0 aliphatic rings. The maximum Gasteiger partial charge on any atom is 0.219 e. The lowest BCUT2D eigenvalue weighted by atomic mass is 10.4. The van der Waals surface area contributed by atoms with Gasteiger partial charge in [-0.1, -0.05) is 6.92 Å². The van der Waals surface area contributed by atoms with E-state index in [1.165, 1.54) is 6.33 Å². The fourth-order valence-corrected chi connectivity index (χ4v) is 0.783. The van der Waals surface area contributed by atoms with Gasteiger partial charge in [-0.2, -0.15) is 5.10 Å². The van der Waals surface area contributed by atoms with Gasteiger partial charge in [0.25, 0.3) is 0 Å². The SMILES string of the molecule is CCC(=O)NCCn1cncn1. The summed E-state index contributed by atoms with van der Waals surface area (Å²) < 4.78 is 1.68. The Morgan fingerprint density at radius 2 is 2.50 bits per heavy atom. The molecule has 0 spiro atoms. The largest absolute Gasteiger partial charge is 0.354 e. The van der Waals surface area contributed by atoms with Crippen molar-refractivity contribution >= 4 is 5.91 Å². The number of nitrogens with one attached hydrogen (secondary N) is 1. The van der Waals surface area contributed by atoms with E-state index in [2.05, 4.69) is 15.4 Å². The van der Waals surface area contributed by atoms with Crippen LogP contribution in [0.1, 0.15) is 13.3 Å². The maximum absolute atomic E-state index is 10.8. The third kappa shape index (κ3) is 2.69. The van der Waals surface area contributed by atoms with Gasteiger partial charge in [-0.15, -0.1) is 0 Å². The van der Waals surface area contributed by atoms with Gasteiger partial charge < -0.3 is 5.32 Å². The van der Waals surface area contributed by atoms with Gasteiger partial charge >= 0.3 is 0 Å². The first-order valence-electron chi connectivity index (χ1n) is 3.92. The van der Waals surface area contributed by atoms with E-state index in [0.29, 0.717) is 19.5 Å². The number of hydrogen-bond acceptors (Lipinski definition) is 3. The van der Waals surface area contributed by atoms with Gasteiger partial charge in [0.15, 0.2) is 0 Å². The number of hydrogen-bond donors (Lipinski definition) is 1. The summed E-state index contributed by atoms with van der Waals surface area (Å²) in [7, 11) is 0. The normalized spacial score (nSPS) is 9.75. The zero-order valence-corrected chi connectivity index (χ0v) is 7.03. The molecule has 5 nitrogen and oxygen atoms in total. The highest BCUT2D eigenvalue weighted by Gasteiger charge is 1.95. The predicted octanol–water partition coefficient (Wildman–Crippen LogP) is -0.196. The van der Waals surface area contributed by atoms with E-state index in [1.54, 1.807) is 11.0 Å². The topological polar surface area (TPSA) is 59.8 Å². The van der Waals surface area contributed by atoms with E-state index < -0.39 is 0 Å². The molecule has 0 fully saturated rings. The number of aromatic nitrogens is 3. The zero-order valence-electron chi connectivity index (χ0n) is 7.03. The van der Waals surface area contributed by atoms with Crippen molar-refractivity contribution in [3.05, 3.63) is 12.7 Å². The van der Waals surface area contributed by atoms with E-state index in [1.807, 2.05) is 6.92 Å². The van der Waals surface area contributed by atoms with E-state index in [-0.39, 0.29) is 5.91 Å². The molecule has 0 saturated heterocycles. The molecule has 1 aromatic heterocycles. The molecule has 0 radical (unpaired) electrons.